The molecule has 0 fully saturated rings. The molecule has 192 valence electrons. The van der Waals surface area contributed by atoms with Crippen LogP contribution in [-0.4, -0.2) is 31.7 Å². The van der Waals surface area contributed by atoms with E-state index < -0.39 is 46.9 Å². The van der Waals surface area contributed by atoms with Crippen molar-refractivity contribution >= 4 is 16.7 Å². The van der Waals surface area contributed by atoms with E-state index in [1.54, 1.807) is 0 Å². The lowest BCUT2D eigenvalue weighted by Crippen LogP contribution is -2.40. The third-order valence-corrected chi connectivity index (χ3v) is 5.93. The number of phenols is 1. The molecule has 2 N–H and O–H groups in total. The fraction of sp³-hybridized carbons (Fsp3) is 0.192. The highest BCUT2D eigenvalue weighted by molar-refractivity contribution is 5.96. The van der Waals surface area contributed by atoms with Gasteiger partial charge in [-0.2, -0.15) is 13.2 Å². The summed E-state index contributed by atoms with van der Waals surface area (Å²) in [6, 6.07) is 12.2. The summed E-state index contributed by atoms with van der Waals surface area (Å²) in [4.78, 5) is 38.1. The minimum absolute atomic E-state index is 0.0419. The number of Topliss-reactive ketones (excluding diaryl/α,β-unsaturated/α-hetero) is 1. The molecule has 4 rings (SSSR count). The quantitative estimate of drug-likeness (QED) is 0.289. The molecule has 0 aliphatic rings. The van der Waals surface area contributed by atoms with Crippen LogP contribution in [0.2, 0.25) is 0 Å². The Morgan fingerprint density at radius 1 is 0.919 bits per heavy atom. The van der Waals surface area contributed by atoms with Gasteiger partial charge in [-0.25, -0.2) is 9.18 Å². The lowest BCUT2D eigenvalue weighted by molar-refractivity contribution is -0.137. The summed E-state index contributed by atoms with van der Waals surface area (Å²) >= 11 is 0. The molecule has 4 aromatic rings. The molecule has 3 aromatic carbocycles. The van der Waals surface area contributed by atoms with Gasteiger partial charge < -0.3 is 10.2 Å². The molecule has 0 aliphatic heterocycles. The summed E-state index contributed by atoms with van der Waals surface area (Å²) in [5.41, 5.74) is -1.57. The first-order chi connectivity index (χ1) is 17.5. The zero-order valence-electron chi connectivity index (χ0n) is 19.1. The molecule has 0 saturated heterocycles. The van der Waals surface area contributed by atoms with Crippen molar-refractivity contribution in [3.8, 4) is 5.75 Å². The minimum Gasteiger partial charge on any atom is -0.505 e. The van der Waals surface area contributed by atoms with Crippen molar-refractivity contribution in [1.82, 2.24) is 9.13 Å². The first-order valence-electron chi connectivity index (χ1n) is 11.0. The number of aryl methyl sites for hydroxylation is 1. The maximum atomic E-state index is 14.1. The van der Waals surface area contributed by atoms with Gasteiger partial charge in [0.1, 0.15) is 6.61 Å². The van der Waals surface area contributed by atoms with Crippen LogP contribution in [0.1, 0.15) is 27.0 Å². The number of aliphatic hydroxyl groups excluding tert-OH is 1. The summed E-state index contributed by atoms with van der Waals surface area (Å²) < 4.78 is 55.2. The molecule has 1 heterocycles. The molecular weight excluding hydrogens is 496 g/mol. The van der Waals surface area contributed by atoms with E-state index >= 15 is 0 Å². The lowest BCUT2D eigenvalue weighted by Gasteiger charge is -2.15. The number of benzene rings is 3. The van der Waals surface area contributed by atoms with Gasteiger partial charge in [0.05, 0.1) is 23.0 Å². The summed E-state index contributed by atoms with van der Waals surface area (Å²) in [6.45, 7) is -1.08. The Morgan fingerprint density at radius 3 is 2.27 bits per heavy atom. The summed E-state index contributed by atoms with van der Waals surface area (Å²) in [5, 5.41) is 18.7. The van der Waals surface area contributed by atoms with Crippen LogP contribution in [0.15, 0.2) is 70.3 Å². The number of halogens is 4. The van der Waals surface area contributed by atoms with E-state index in [2.05, 4.69) is 0 Å². The first kappa shape index (κ1) is 25.8. The molecule has 0 amide bonds. The van der Waals surface area contributed by atoms with Crippen LogP contribution >= 0.6 is 0 Å². The minimum atomic E-state index is -4.56. The van der Waals surface area contributed by atoms with Gasteiger partial charge in [-0.15, -0.1) is 0 Å². The Hall–Kier alpha value is -4.25. The van der Waals surface area contributed by atoms with Gasteiger partial charge in [-0.1, -0.05) is 42.5 Å². The number of alkyl halides is 3. The zero-order valence-corrected chi connectivity index (χ0v) is 19.1. The molecular formula is C26H20F4N2O5. The second-order valence-corrected chi connectivity index (χ2v) is 8.37. The van der Waals surface area contributed by atoms with Gasteiger partial charge >= 0.3 is 11.9 Å². The third-order valence-electron chi connectivity index (χ3n) is 5.93. The molecule has 0 aliphatic carbocycles. The SMILES string of the molecule is O=C(CO)c1ccc(Cn2c(=O)n(CCc3cccc(C(F)(F)F)c3)c(=O)c3cc(F)c(O)cc32)cc1. The molecule has 7 nitrogen and oxygen atoms in total. The van der Waals surface area contributed by atoms with Gasteiger partial charge in [-0.05, 0) is 29.7 Å². The number of ketones is 1. The molecule has 0 saturated carbocycles. The predicted octanol–water partition coefficient (Wildman–Crippen LogP) is 3.49. The van der Waals surface area contributed by atoms with Crippen LogP contribution in [0.4, 0.5) is 17.6 Å². The second kappa shape index (κ2) is 10.0. The molecule has 0 atom stereocenters. The number of phenolic OH excluding ortho intramolecular Hbond substituents is 1. The standard InChI is InChI=1S/C26H20F4N2O5/c27-20-11-19-21(12-22(20)34)32(13-16-4-6-17(7-5-16)23(35)14-33)25(37)31(24(19)36)9-8-15-2-1-3-18(10-15)26(28,29)30/h1-7,10-12,33-34H,8-9,13-14H2. The van der Waals surface area contributed by atoms with Crippen LogP contribution in [0.25, 0.3) is 10.9 Å². The number of aromatic nitrogens is 2. The van der Waals surface area contributed by atoms with E-state index in [1.165, 1.54) is 36.4 Å². The second-order valence-electron chi connectivity index (χ2n) is 8.37. The maximum Gasteiger partial charge on any atom is 0.416 e. The van der Waals surface area contributed by atoms with Crippen LogP contribution in [0, 0.1) is 5.82 Å². The van der Waals surface area contributed by atoms with Crippen molar-refractivity contribution in [2.45, 2.75) is 25.7 Å². The van der Waals surface area contributed by atoms with Crippen molar-refractivity contribution < 1.29 is 32.6 Å². The summed E-state index contributed by atoms with van der Waals surface area (Å²) in [6.07, 6.45) is -4.64. The van der Waals surface area contributed by atoms with Crippen LogP contribution in [0.3, 0.4) is 0 Å². The maximum absolute atomic E-state index is 14.1. The van der Waals surface area contributed by atoms with E-state index in [0.29, 0.717) is 5.56 Å². The Labute approximate surface area is 206 Å². The monoisotopic (exact) mass is 516 g/mol. The molecule has 0 unspecified atom stereocenters. The Kier molecular flexibility index (Phi) is 6.99. The smallest absolute Gasteiger partial charge is 0.416 e. The number of fused-ring (bicyclic) bond motifs is 1. The molecule has 1 aromatic heterocycles. The molecule has 0 radical (unpaired) electrons. The lowest BCUT2D eigenvalue weighted by atomic mass is 10.1. The van der Waals surface area contributed by atoms with Crippen molar-refractivity contribution in [3.63, 3.8) is 0 Å². The predicted molar refractivity (Wildman–Crippen MR) is 126 cm³/mol. The van der Waals surface area contributed by atoms with E-state index in [4.69, 9.17) is 5.11 Å². The largest absolute Gasteiger partial charge is 0.505 e. The van der Waals surface area contributed by atoms with E-state index in [1.807, 2.05) is 0 Å². The van der Waals surface area contributed by atoms with Gasteiger partial charge in [0.2, 0.25) is 0 Å². The number of carbonyl (C=O) groups excluding carboxylic acids is 1. The number of rotatable bonds is 7. The first-order valence-corrected chi connectivity index (χ1v) is 11.0. The van der Waals surface area contributed by atoms with E-state index in [-0.39, 0.29) is 41.5 Å². The molecule has 0 spiro atoms. The van der Waals surface area contributed by atoms with Crippen molar-refractivity contribution in [1.29, 1.82) is 0 Å². The van der Waals surface area contributed by atoms with Crippen molar-refractivity contribution in [3.05, 3.63) is 110 Å². The Bertz CT molecular complexity index is 1610. The fourth-order valence-electron chi connectivity index (χ4n) is 3.99. The topological polar surface area (TPSA) is 102 Å². The number of aromatic hydroxyl groups is 1. The fourth-order valence-corrected chi connectivity index (χ4v) is 3.99. The highest BCUT2D eigenvalue weighted by Gasteiger charge is 2.30. The normalized spacial score (nSPS) is 11.7. The third kappa shape index (κ3) is 5.31. The molecule has 11 heteroatoms. The van der Waals surface area contributed by atoms with Crippen molar-refractivity contribution in [2.24, 2.45) is 0 Å². The number of aliphatic hydroxyl groups is 1. The van der Waals surface area contributed by atoms with Gasteiger partial charge in [0, 0.05) is 18.2 Å². The average Bonchev–Trinajstić information content (AvgIpc) is 2.87. The van der Waals surface area contributed by atoms with Gasteiger partial charge in [0.25, 0.3) is 5.56 Å². The highest BCUT2D eigenvalue weighted by atomic mass is 19.4. The average molecular weight is 516 g/mol. The molecule has 37 heavy (non-hydrogen) atoms. The Balaban J connectivity index is 1.78. The van der Waals surface area contributed by atoms with Crippen LogP contribution in [0.5, 0.6) is 5.75 Å². The van der Waals surface area contributed by atoms with Crippen molar-refractivity contribution in [2.75, 3.05) is 6.61 Å². The number of hydrogen-bond donors (Lipinski definition) is 2. The number of carbonyl (C=O) groups is 1. The van der Waals surface area contributed by atoms with Crippen LogP contribution in [-0.2, 0) is 25.7 Å². The number of nitrogens with zero attached hydrogens (tertiary/aromatic N) is 2. The summed E-state index contributed by atoms with van der Waals surface area (Å²) in [7, 11) is 0. The van der Waals surface area contributed by atoms with Crippen LogP contribution < -0.4 is 11.2 Å². The Morgan fingerprint density at radius 2 is 1.62 bits per heavy atom. The van der Waals surface area contributed by atoms with Gasteiger partial charge in [0.15, 0.2) is 17.3 Å². The number of hydrogen-bond acceptors (Lipinski definition) is 5. The van der Waals surface area contributed by atoms with Gasteiger partial charge in [-0.3, -0.25) is 18.7 Å². The zero-order chi connectivity index (χ0) is 26.9. The summed E-state index contributed by atoms with van der Waals surface area (Å²) in [5.74, 6) is -2.35. The van der Waals surface area contributed by atoms with E-state index in [9.17, 15) is 37.1 Å². The highest BCUT2D eigenvalue weighted by Crippen LogP contribution is 2.29. The van der Waals surface area contributed by atoms with E-state index in [0.717, 1.165) is 33.4 Å². The molecule has 0 bridgehead atoms.